The van der Waals surface area contributed by atoms with E-state index in [2.05, 4.69) is 15.4 Å². The van der Waals surface area contributed by atoms with Gasteiger partial charge in [0.15, 0.2) is 0 Å². The van der Waals surface area contributed by atoms with Gasteiger partial charge in [-0.3, -0.25) is 0 Å². The molecular formula is C7H13N5. The van der Waals surface area contributed by atoms with Crippen LogP contribution in [0.2, 0.25) is 0 Å². The highest BCUT2D eigenvalue weighted by atomic mass is 15.3. The van der Waals surface area contributed by atoms with Gasteiger partial charge in [-0.25, -0.2) is 15.8 Å². The lowest BCUT2D eigenvalue weighted by Crippen LogP contribution is -2.14. The van der Waals surface area contributed by atoms with Crippen LogP contribution in [0.1, 0.15) is 25.3 Å². The van der Waals surface area contributed by atoms with E-state index in [4.69, 9.17) is 11.6 Å². The van der Waals surface area contributed by atoms with Crippen molar-refractivity contribution in [2.24, 2.45) is 5.84 Å². The third-order valence-corrected chi connectivity index (χ3v) is 1.63. The van der Waals surface area contributed by atoms with Crippen LogP contribution in [0.4, 0.5) is 11.6 Å². The molecule has 66 valence electrons. The van der Waals surface area contributed by atoms with Gasteiger partial charge in [-0.15, -0.1) is 0 Å². The van der Waals surface area contributed by atoms with E-state index in [1.54, 1.807) is 0 Å². The molecule has 5 heteroatoms. The maximum absolute atomic E-state index is 5.65. The minimum atomic E-state index is 0.261. The first kappa shape index (κ1) is 8.73. The molecule has 0 unspecified atom stereocenters. The van der Waals surface area contributed by atoms with Gasteiger partial charge in [0.1, 0.15) is 18.0 Å². The molecule has 0 aliphatic heterocycles. The number of nitrogen functional groups attached to an aromatic ring is 2. The van der Waals surface area contributed by atoms with Crippen LogP contribution >= 0.6 is 0 Å². The molecule has 0 radical (unpaired) electrons. The minimum absolute atomic E-state index is 0.261. The normalized spacial score (nSPS) is 10.3. The molecule has 0 aromatic carbocycles. The zero-order chi connectivity index (χ0) is 9.14. The summed E-state index contributed by atoms with van der Waals surface area (Å²) in [5.41, 5.74) is 9.00. The second kappa shape index (κ2) is 3.36. The standard InChI is InChI=1S/C7H13N5/c1-4(2)5-6(8)10-3-11-7(5)12-9/h3-4H,9H2,1-2H3,(H3,8,10,11,12). The maximum atomic E-state index is 5.65. The first-order chi connectivity index (χ1) is 5.66. The summed E-state index contributed by atoms with van der Waals surface area (Å²) in [7, 11) is 0. The Labute approximate surface area is 71.2 Å². The van der Waals surface area contributed by atoms with E-state index in [1.807, 2.05) is 13.8 Å². The summed E-state index contributed by atoms with van der Waals surface area (Å²) in [5.74, 6) is 6.60. The van der Waals surface area contributed by atoms with Crippen molar-refractivity contribution in [1.29, 1.82) is 0 Å². The van der Waals surface area contributed by atoms with Gasteiger partial charge in [0.2, 0.25) is 0 Å². The smallest absolute Gasteiger partial charge is 0.148 e. The molecule has 0 aliphatic carbocycles. The summed E-state index contributed by atoms with van der Waals surface area (Å²) in [5, 5.41) is 0. The van der Waals surface area contributed by atoms with Crippen molar-refractivity contribution in [3.05, 3.63) is 11.9 Å². The predicted octanol–water partition coefficient (Wildman–Crippen LogP) is 0.468. The van der Waals surface area contributed by atoms with Gasteiger partial charge in [-0.2, -0.15) is 0 Å². The number of hydrogen-bond acceptors (Lipinski definition) is 5. The quantitative estimate of drug-likeness (QED) is 0.440. The molecule has 5 nitrogen and oxygen atoms in total. The molecule has 5 N–H and O–H groups in total. The molecule has 0 aliphatic rings. The Kier molecular flexibility index (Phi) is 2.44. The minimum Gasteiger partial charge on any atom is -0.383 e. The van der Waals surface area contributed by atoms with Crippen LogP contribution in [-0.2, 0) is 0 Å². The molecular weight excluding hydrogens is 154 g/mol. The Morgan fingerprint density at radius 2 is 2.08 bits per heavy atom. The lowest BCUT2D eigenvalue weighted by atomic mass is 10.1. The lowest BCUT2D eigenvalue weighted by molar-refractivity contribution is 0.851. The number of rotatable bonds is 2. The molecule has 0 saturated heterocycles. The Morgan fingerprint density at radius 1 is 1.42 bits per heavy atom. The largest absolute Gasteiger partial charge is 0.383 e. The van der Waals surface area contributed by atoms with Gasteiger partial charge in [0, 0.05) is 5.56 Å². The SMILES string of the molecule is CC(C)c1c(N)ncnc1NN. The molecule has 0 saturated carbocycles. The third-order valence-electron chi connectivity index (χ3n) is 1.63. The summed E-state index contributed by atoms with van der Waals surface area (Å²) in [6.45, 7) is 4.02. The van der Waals surface area contributed by atoms with Crippen molar-refractivity contribution in [3.63, 3.8) is 0 Å². The van der Waals surface area contributed by atoms with Crippen LogP contribution in [0.15, 0.2) is 6.33 Å². The van der Waals surface area contributed by atoms with Gasteiger partial charge < -0.3 is 11.2 Å². The molecule has 0 fully saturated rings. The van der Waals surface area contributed by atoms with E-state index in [-0.39, 0.29) is 5.92 Å². The van der Waals surface area contributed by atoms with Crippen LogP contribution in [0.25, 0.3) is 0 Å². The van der Waals surface area contributed by atoms with Crippen LogP contribution in [0.5, 0.6) is 0 Å². The second-order valence-corrected chi connectivity index (χ2v) is 2.82. The molecule has 12 heavy (non-hydrogen) atoms. The molecule has 1 heterocycles. The van der Waals surface area contributed by atoms with Crippen LogP contribution < -0.4 is 17.0 Å². The van der Waals surface area contributed by atoms with E-state index >= 15 is 0 Å². The summed E-state index contributed by atoms with van der Waals surface area (Å²) < 4.78 is 0. The highest BCUT2D eigenvalue weighted by molar-refractivity contribution is 5.55. The summed E-state index contributed by atoms with van der Waals surface area (Å²) >= 11 is 0. The third kappa shape index (κ3) is 1.45. The number of anilines is 2. The Bertz CT molecular complexity index is 270. The second-order valence-electron chi connectivity index (χ2n) is 2.82. The zero-order valence-corrected chi connectivity index (χ0v) is 7.20. The molecule has 1 aromatic heterocycles. The number of nitrogens with one attached hydrogen (secondary N) is 1. The van der Waals surface area contributed by atoms with E-state index in [1.165, 1.54) is 6.33 Å². The zero-order valence-electron chi connectivity index (χ0n) is 7.20. The summed E-state index contributed by atoms with van der Waals surface area (Å²) in [6, 6.07) is 0. The number of nitrogens with zero attached hydrogens (tertiary/aromatic N) is 2. The topological polar surface area (TPSA) is 89.8 Å². The molecule has 1 rings (SSSR count). The maximum Gasteiger partial charge on any atom is 0.148 e. The first-order valence-electron chi connectivity index (χ1n) is 3.73. The van der Waals surface area contributed by atoms with Crippen molar-refractivity contribution < 1.29 is 0 Å². The average molecular weight is 167 g/mol. The predicted molar refractivity (Wildman–Crippen MR) is 48.3 cm³/mol. The van der Waals surface area contributed by atoms with Crippen LogP contribution in [0.3, 0.4) is 0 Å². The Hall–Kier alpha value is -1.36. The number of hydrazine groups is 1. The molecule has 1 aromatic rings. The van der Waals surface area contributed by atoms with Crippen molar-refractivity contribution in [2.45, 2.75) is 19.8 Å². The van der Waals surface area contributed by atoms with E-state index < -0.39 is 0 Å². The number of hydrogen-bond donors (Lipinski definition) is 3. The van der Waals surface area contributed by atoms with Crippen molar-refractivity contribution in [3.8, 4) is 0 Å². The Balaban J connectivity index is 3.20. The average Bonchev–Trinajstić information content (AvgIpc) is 2.03. The van der Waals surface area contributed by atoms with E-state index in [9.17, 15) is 0 Å². The highest BCUT2D eigenvalue weighted by Crippen LogP contribution is 2.24. The summed E-state index contributed by atoms with van der Waals surface area (Å²) in [6.07, 6.45) is 1.39. The van der Waals surface area contributed by atoms with E-state index in [0.29, 0.717) is 11.6 Å². The van der Waals surface area contributed by atoms with Gasteiger partial charge in [-0.1, -0.05) is 13.8 Å². The molecule has 0 atom stereocenters. The van der Waals surface area contributed by atoms with Gasteiger partial charge in [-0.05, 0) is 5.92 Å². The van der Waals surface area contributed by atoms with Crippen molar-refractivity contribution in [1.82, 2.24) is 9.97 Å². The van der Waals surface area contributed by atoms with Crippen LogP contribution in [-0.4, -0.2) is 9.97 Å². The fraction of sp³-hybridized carbons (Fsp3) is 0.429. The number of nitrogens with two attached hydrogens (primary N) is 2. The summed E-state index contributed by atoms with van der Waals surface area (Å²) in [4.78, 5) is 7.83. The molecule has 0 amide bonds. The number of aromatic nitrogens is 2. The van der Waals surface area contributed by atoms with E-state index in [0.717, 1.165) is 5.56 Å². The lowest BCUT2D eigenvalue weighted by Gasteiger charge is -2.11. The molecule has 0 spiro atoms. The van der Waals surface area contributed by atoms with Crippen LogP contribution in [0, 0.1) is 0 Å². The monoisotopic (exact) mass is 167 g/mol. The highest BCUT2D eigenvalue weighted by Gasteiger charge is 2.11. The van der Waals surface area contributed by atoms with Gasteiger partial charge in [0.05, 0.1) is 0 Å². The fourth-order valence-corrected chi connectivity index (χ4v) is 1.09. The van der Waals surface area contributed by atoms with Gasteiger partial charge >= 0.3 is 0 Å². The van der Waals surface area contributed by atoms with Gasteiger partial charge in [0.25, 0.3) is 0 Å². The first-order valence-corrected chi connectivity index (χ1v) is 3.73. The van der Waals surface area contributed by atoms with Crippen molar-refractivity contribution in [2.75, 3.05) is 11.2 Å². The van der Waals surface area contributed by atoms with Crippen molar-refractivity contribution >= 4 is 11.6 Å². The Morgan fingerprint density at radius 3 is 2.50 bits per heavy atom. The fourth-order valence-electron chi connectivity index (χ4n) is 1.09. The molecule has 0 bridgehead atoms.